The molecule has 2 heterocycles. The summed E-state index contributed by atoms with van der Waals surface area (Å²) >= 11 is 0. The molecule has 0 bridgehead atoms. The van der Waals surface area contributed by atoms with Crippen molar-refractivity contribution in [3.8, 4) is 5.69 Å². The van der Waals surface area contributed by atoms with Crippen molar-refractivity contribution >= 4 is 11.7 Å². The third kappa shape index (κ3) is 4.71. The Hall–Kier alpha value is -3.06. The zero-order valence-corrected chi connectivity index (χ0v) is 14.1. The molecule has 1 aromatic carbocycles. The predicted octanol–water partition coefficient (Wildman–Crippen LogP) is 2.64. The number of urea groups is 1. The van der Waals surface area contributed by atoms with Gasteiger partial charge in [0, 0.05) is 49.2 Å². The molecule has 130 valence electrons. The van der Waals surface area contributed by atoms with Gasteiger partial charge in [0.2, 0.25) is 0 Å². The molecule has 7 nitrogen and oxygen atoms in total. The lowest BCUT2D eigenvalue weighted by molar-refractivity contribution is 0.183. The molecular weight excluding hydrogens is 318 g/mol. The Morgan fingerprint density at radius 1 is 1.24 bits per heavy atom. The number of carbonyl (C=O) groups is 1. The first-order chi connectivity index (χ1) is 12.2. The average Bonchev–Trinajstić information content (AvgIpc) is 3.30. The molecule has 0 aliphatic heterocycles. The van der Waals surface area contributed by atoms with E-state index < -0.39 is 0 Å². The fraction of sp³-hybridized carbons (Fsp3) is 0.222. The van der Waals surface area contributed by atoms with E-state index in [1.807, 2.05) is 59.6 Å². The summed E-state index contributed by atoms with van der Waals surface area (Å²) in [5, 5.41) is 9.89. The van der Waals surface area contributed by atoms with Gasteiger partial charge in [-0.25, -0.2) is 4.79 Å². The minimum absolute atomic E-state index is 0.255. The van der Waals surface area contributed by atoms with E-state index in [9.17, 15) is 4.79 Å². The van der Waals surface area contributed by atoms with Crippen LogP contribution >= 0.6 is 0 Å². The first kappa shape index (κ1) is 16.8. The van der Waals surface area contributed by atoms with Crippen LogP contribution in [0.5, 0.6) is 0 Å². The summed E-state index contributed by atoms with van der Waals surface area (Å²) in [6.07, 6.45) is 7.55. The second-order valence-electron chi connectivity index (χ2n) is 5.55. The maximum absolute atomic E-state index is 12.1. The lowest BCUT2D eigenvalue weighted by atomic mass is 10.2. The number of aromatic nitrogens is 3. The number of methoxy groups -OCH3 is 1. The molecule has 2 N–H and O–H groups in total. The summed E-state index contributed by atoms with van der Waals surface area (Å²) in [6.45, 7) is 1.71. The average molecular weight is 339 g/mol. The highest BCUT2D eigenvalue weighted by molar-refractivity contribution is 5.89. The molecule has 7 heteroatoms. The molecule has 3 aromatic rings. The molecule has 0 spiro atoms. The molecule has 0 atom stereocenters. The number of hydrogen-bond acceptors (Lipinski definition) is 3. The molecule has 0 aliphatic carbocycles. The summed E-state index contributed by atoms with van der Waals surface area (Å²) in [7, 11) is 1.65. The van der Waals surface area contributed by atoms with Crippen molar-refractivity contribution in [2.75, 3.05) is 19.0 Å². The van der Waals surface area contributed by atoms with Crippen molar-refractivity contribution in [1.29, 1.82) is 0 Å². The van der Waals surface area contributed by atoms with E-state index >= 15 is 0 Å². The van der Waals surface area contributed by atoms with Crippen molar-refractivity contribution in [3.05, 3.63) is 66.7 Å². The highest BCUT2D eigenvalue weighted by Gasteiger charge is 2.05. The highest BCUT2D eigenvalue weighted by atomic mass is 16.5. The number of carbonyl (C=O) groups excluding carboxylic acids is 1. The summed E-state index contributed by atoms with van der Waals surface area (Å²) in [4.78, 5) is 12.1. The van der Waals surface area contributed by atoms with Gasteiger partial charge in [0.1, 0.15) is 0 Å². The number of ether oxygens (including phenoxy) is 1. The van der Waals surface area contributed by atoms with Crippen LogP contribution in [-0.4, -0.2) is 34.1 Å². The highest BCUT2D eigenvalue weighted by Crippen LogP contribution is 2.14. The van der Waals surface area contributed by atoms with E-state index in [0.29, 0.717) is 19.7 Å². The van der Waals surface area contributed by atoms with Crippen molar-refractivity contribution in [2.45, 2.75) is 13.1 Å². The standard InChI is InChI=1S/C18H21N5O2/c1-25-10-9-23-14-15(13-20-23)12-19-18(24)21-16-5-4-6-17(11-16)22-7-2-3-8-22/h2-8,11,13-14H,9-10,12H2,1H3,(H2,19,21,24). The van der Waals surface area contributed by atoms with Gasteiger partial charge in [-0.3, -0.25) is 4.68 Å². The summed E-state index contributed by atoms with van der Waals surface area (Å²) in [5.74, 6) is 0. The summed E-state index contributed by atoms with van der Waals surface area (Å²) in [6, 6.07) is 11.3. The van der Waals surface area contributed by atoms with Gasteiger partial charge in [-0.1, -0.05) is 6.07 Å². The Labute approximate surface area is 146 Å². The third-order valence-corrected chi connectivity index (χ3v) is 3.67. The first-order valence-electron chi connectivity index (χ1n) is 8.03. The van der Waals surface area contributed by atoms with Crippen LogP contribution in [0, 0.1) is 0 Å². The molecule has 0 fully saturated rings. The minimum Gasteiger partial charge on any atom is -0.383 e. The molecule has 2 aromatic heterocycles. The van der Waals surface area contributed by atoms with E-state index in [2.05, 4.69) is 15.7 Å². The maximum atomic E-state index is 12.1. The van der Waals surface area contributed by atoms with Crippen LogP contribution in [0.4, 0.5) is 10.5 Å². The second-order valence-corrected chi connectivity index (χ2v) is 5.55. The molecule has 3 rings (SSSR count). The number of hydrogen-bond donors (Lipinski definition) is 2. The Kier molecular flexibility index (Phi) is 5.48. The minimum atomic E-state index is -0.255. The van der Waals surface area contributed by atoms with E-state index in [-0.39, 0.29) is 6.03 Å². The maximum Gasteiger partial charge on any atom is 0.319 e. The fourth-order valence-corrected chi connectivity index (χ4v) is 2.41. The Morgan fingerprint density at radius 3 is 2.88 bits per heavy atom. The largest absolute Gasteiger partial charge is 0.383 e. The smallest absolute Gasteiger partial charge is 0.319 e. The van der Waals surface area contributed by atoms with E-state index in [1.165, 1.54) is 0 Å². The van der Waals surface area contributed by atoms with E-state index in [0.717, 1.165) is 16.9 Å². The van der Waals surface area contributed by atoms with Crippen molar-refractivity contribution in [3.63, 3.8) is 0 Å². The van der Waals surface area contributed by atoms with Crippen LogP contribution in [-0.2, 0) is 17.8 Å². The van der Waals surface area contributed by atoms with Crippen molar-refractivity contribution in [2.24, 2.45) is 0 Å². The molecule has 0 unspecified atom stereocenters. The van der Waals surface area contributed by atoms with Crippen LogP contribution in [0.3, 0.4) is 0 Å². The number of nitrogens with zero attached hydrogens (tertiary/aromatic N) is 3. The molecular formula is C18H21N5O2. The zero-order valence-electron chi connectivity index (χ0n) is 14.1. The van der Waals surface area contributed by atoms with Crippen molar-refractivity contribution < 1.29 is 9.53 Å². The first-order valence-corrected chi connectivity index (χ1v) is 8.03. The number of benzene rings is 1. The van der Waals surface area contributed by atoms with Crippen LogP contribution < -0.4 is 10.6 Å². The molecule has 0 saturated carbocycles. The van der Waals surface area contributed by atoms with Gasteiger partial charge in [0.15, 0.2) is 0 Å². The van der Waals surface area contributed by atoms with Crippen LogP contribution in [0.2, 0.25) is 0 Å². The fourth-order valence-electron chi connectivity index (χ4n) is 2.41. The van der Waals surface area contributed by atoms with Crippen molar-refractivity contribution in [1.82, 2.24) is 19.7 Å². The van der Waals surface area contributed by atoms with Gasteiger partial charge in [-0.2, -0.15) is 5.10 Å². The number of rotatable bonds is 7. The third-order valence-electron chi connectivity index (χ3n) is 3.67. The second kappa shape index (κ2) is 8.16. The quantitative estimate of drug-likeness (QED) is 0.695. The lowest BCUT2D eigenvalue weighted by Gasteiger charge is -2.09. The van der Waals surface area contributed by atoms with E-state index in [1.54, 1.807) is 18.0 Å². The van der Waals surface area contributed by atoms with Crippen LogP contribution in [0.1, 0.15) is 5.56 Å². The zero-order chi connectivity index (χ0) is 17.5. The normalized spacial score (nSPS) is 10.6. The topological polar surface area (TPSA) is 73.1 Å². The Bertz CT molecular complexity index is 811. The SMILES string of the molecule is COCCn1cc(CNC(=O)Nc2cccc(-n3cccc3)c2)cn1. The molecule has 0 radical (unpaired) electrons. The van der Waals surface area contributed by atoms with Gasteiger partial charge >= 0.3 is 6.03 Å². The molecule has 25 heavy (non-hydrogen) atoms. The van der Waals surface area contributed by atoms with Gasteiger partial charge in [-0.15, -0.1) is 0 Å². The number of nitrogens with one attached hydrogen (secondary N) is 2. The molecule has 2 amide bonds. The predicted molar refractivity (Wildman–Crippen MR) is 95.7 cm³/mol. The lowest BCUT2D eigenvalue weighted by Crippen LogP contribution is -2.28. The number of amides is 2. The molecule has 0 saturated heterocycles. The van der Waals surface area contributed by atoms with Gasteiger partial charge in [0.25, 0.3) is 0 Å². The van der Waals surface area contributed by atoms with Crippen LogP contribution in [0.15, 0.2) is 61.2 Å². The summed E-state index contributed by atoms with van der Waals surface area (Å²) < 4.78 is 8.79. The van der Waals surface area contributed by atoms with Gasteiger partial charge < -0.3 is 19.9 Å². The van der Waals surface area contributed by atoms with Gasteiger partial charge in [-0.05, 0) is 30.3 Å². The van der Waals surface area contributed by atoms with E-state index in [4.69, 9.17) is 4.74 Å². The summed E-state index contributed by atoms with van der Waals surface area (Å²) in [5.41, 5.74) is 2.66. The van der Waals surface area contributed by atoms with Crippen LogP contribution in [0.25, 0.3) is 5.69 Å². The Morgan fingerprint density at radius 2 is 2.08 bits per heavy atom. The monoisotopic (exact) mass is 339 g/mol. The number of anilines is 1. The Balaban J connectivity index is 1.52. The molecule has 0 aliphatic rings. The van der Waals surface area contributed by atoms with Gasteiger partial charge in [0.05, 0.1) is 19.3 Å².